The average molecular weight is 260 g/mol. The number of esters is 1. The highest BCUT2D eigenvalue weighted by molar-refractivity contribution is 5.84. The van der Waals surface area contributed by atoms with Gasteiger partial charge in [0.25, 0.3) is 0 Å². The van der Waals surface area contributed by atoms with Gasteiger partial charge in [-0.2, -0.15) is 0 Å². The average Bonchev–Trinajstić information content (AvgIpc) is 2.85. The molecule has 0 spiro atoms. The van der Waals surface area contributed by atoms with Crippen LogP contribution in [0.3, 0.4) is 0 Å². The van der Waals surface area contributed by atoms with Gasteiger partial charge in [0.05, 0.1) is 17.6 Å². The van der Waals surface area contributed by atoms with E-state index >= 15 is 0 Å². The monoisotopic (exact) mass is 260 g/mol. The Morgan fingerprint density at radius 1 is 1.26 bits per heavy atom. The Morgan fingerprint density at radius 3 is 2.53 bits per heavy atom. The number of benzene rings is 1. The molecular weight excluding hydrogens is 240 g/mol. The van der Waals surface area contributed by atoms with E-state index in [0.29, 0.717) is 25.3 Å². The molecule has 0 amide bonds. The maximum Gasteiger partial charge on any atom is 0.319 e. The summed E-state index contributed by atoms with van der Waals surface area (Å²) < 4.78 is 5.24. The van der Waals surface area contributed by atoms with Gasteiger partial charge in [0.1, 0.15) is 11.2 Å². The highest BCUT2D eigenvalue weighted by Crippen LogP contribution is 2.32. The third-order valence-electron chi connectivity index (χ3n) is 3.72. The van der Waals surface area contributed by atoms with E-state index in [4.69, 9.17) is 4.74 Å². The molecule has 0 aliphatic heterocycles. The molecule has 2 aromatic rings. The van der Waals surface area contributed by atoms with Crippen LogP contribution in [0, 0.1) is 0 Å². The zero-order valence-electron chi connectivity index (χ0n) is 11.7. The molecule has 0 radical (unpaired) electrons. The van der Waals surface area contributed by atoms with Crippen LogP contribution >= 0.6 is 0 Å². The van der Waals surface area contributed by atoms with E-state index < -0.39 is 5.41 Å². The molecule has 102 valence electrons. The fraction of sp³-hybridized carbons (Fsp3) is 0.467. The molecule has 0 saturated heterocycles. The zero-order chi connectivity index (χ0) is 13.9. The van der Waals surface area contributed by atoms with Crippen molar-refractivity contribution in [1.82, 2.24) is 9.97 Å². The van der Waals surface area contributed by atoms with Crippen molar-refractivity contribution in [2.24, 2.45) is 0 Å². The molecule has 1 aromatic heterocycles. The maximum absolute atomic E-state index is 12.3. The van der Waals surface area contributed by atoms with E-state index in [0.717, 1.165) is 11.0 Å². The number of nitrogens with one attached hydrogen (secondary N) is 1. The van der Waals surface area contributed by atoms with Crippen LogP contribution in [-0.2, 0) is 14.9 Å². The Kier molecular flexibility index (Phi) is 3.88. The fourth-order valence-electron chi connectivity index (χ4n) is 2.42. The molecule has 1 heterocycles. The van der Waals surface area contributed by atoms with Crippen LogP contribution in [0.1, 0.15) is 39.4 Å². The molecule has 19 heavy (non-hydrogen) atoms. The second-order valence-electron chi connectivity index (χ2n) is 4.61. The van der Waals surface area contributed by atoms with Crippen LogP contribution in [0.2, 0.25) is 0 Å². The van der Waals surface area contributed by atoms with Crippen LogP contribution in [0.25, 0.3) is 11.0 Å². The van der Waals surface area contributed by atoms with Crippen molar-refractivity contribution in [2.45, 2.75) is 39.0 Å². The van der Waals surface area contributed by atoms with E-state index in [-0.39, 0.29) is 5.97 Å². The minimum atomic E-state index is -0.672. The van der Waals surface area contributed by atoms with Crippen molar-refractivity contribution in [3.05, 3.63) is 30.1 Å². The zero-order valence-corrected chi connectivity index (χ0v) is 11.7. The number of para-hydroxylation sites is 2. The quantitative estimate of drug-likeness (QED) is 0.840. The van der Waals surface area contributed by atoms with E-state index in [1.54, 1.807) is 0 Å². The summed E-state index contributed by atoms with van der Waals surface area (Å²) in [6, 6.07) is 7.80. The van der Waals surface area contributed by atoms with Gasteiger partial charge in [0.2, 0.25) is 0 Å². The first-order valence-corrected chi connectivity index (χ1v) is 6.80. The van der Waals surface area contributed by atoms with Gasteiger partial charge in [-0.3, -0.25) is 4.79 Å². The van der Waals surface area contributed by atoms with Gasteiger partial charge in [-0.1, -0.05) is 26.0 Å². The van der Waals surface area contributed by atoms with Crippen molar-refractivity contribution in [2.75, 3.05) is 6.61 Å². The number of H-pyrrole nitrogens is 1. The number of hydrogen-bond acceptors (Lipinski definition) is 3. The lowest BCUT2D eigenvalue weighted by atomic mass is 9.81. The minimum Gasteiger partial charge on any atom is -0.465 e. The Morgan fingerprint density at radius 2 is 1.95 bits per heavy atom. The van der Waals surface area contributed by atoms with Crippen molar-refractivity contribution < 1.29 is 9.53 Å². The number of nitrogens with zero attached hydrogens (tertiary/aromatic N) is 1. The first kappa shape index (κ1) is 13.6. The normalized spacial score (nSPS) is 11.7. The smallest absolute Gasteiger partial charge is 0.319 e. The summed E-state index contributed by atoms with van der Waals surface area (Å²) in [6.45, 7) is 6.20. The molecular formula is C15H20N2O2. The maximum atomic E-state index is 12.3. The third kappa shape index (κ3) is 2.23. The largest absolute Gasteiger partial charge is 0.465 e. The van der Waals surface area contributed by atoms with Gasteiger partial charge in [-0.15, -0.1) is 0 Å². The summed E-state index contributed by atoms with van der Waals surface area (Å²) in [7, 11) is 0. The molecule has 2 rings (SSSR count). The lowest BCUT2D eigenvalue weighted by Crippen LogP contribution is -2.37. The number of carbonyl (C=O) groups is 1. The van der Waals surface area contributed by atoms with Crippen molar-refractivity contribution in [3.8, 4) is 0 Å². The van der Waals surface area contributed by atoms with Crippen LogP contribution in [-0.4, -0.2) is 22.5 Å². The predicted octanol–water partition coefficient (Wildman–Crippen LogP) is 3.18. The van der Waals surface area contributed by atoms with Crippen LogP contribution in [0.5, 0.6) is 0 Å². The fourth-order valence-corrected chi connectivity index (χ4v) is 2.42. The second kappa shape index (κ2) is 5.43. The lowest BCUT2D eigenvalue weighted by Gasteiger charge is -2.26. The Labute approximate surface area is 113 Å². The van der Waals surface area contributed by atoms with Gasteiger partial charge in [0.15, 0.2) is 0 Å². The molecule has 0 aliphatic rings. The van der Waals surface area contributed by atoms with Gasteiger partial charge in [-0.25, -0.2) is 4.98 Å². The van der Waals surface area contributed by atoms with Gasteiger partial charge < -0.3 is 9.72 Å². The SMILES string of the molecule is CCOC(=O)C(CC)(CC)c1nc2ccccc2[nH]1. The molecule has 4 nitrogen and oxygen atoms in total. The Bertz CT molecular complexity index is 537. The molecule has 0 bridgehead atoms. The summed E-state index contributed by atoms with van der Waals surface area (Å²) in [6.07, 6.45) is 1.34. The molecule has 0 atom stereocenters. The standard InChI is InChI=1S/C15H20N2O2/c1-4-15(5-2,14(18)19-6-3)13-16-11-9-7-8-10-12(11)17-13/h7-10H,4-6H2,1-3H3,(H,16,17). The number of aromatic amines is 1. The summed E-state index contributed by atoms with van der Waals surface area (Å²) in [4.78, 5) is 20.2. The first-order chi connectivity index (χ1) is 9.17. The summed E-state index contributed by atoms with van der Waals surface area (Å²) in [5.41, 5.74) is 1.16. The molecule has 0 unspecified atom stereocenters. The predicted molar refractivity (Wildman–Crippen MR) is 75.0 cm³/mol. The first-order valence-electron chi connectivity index (χ1n) is 6.80. The molecule has 0 aliphatic carbocycles. The number of carbonyl (C=O) groups excluding carboxylic acids is 1. The molecule has 1 aromatic carbocycles. The molecule has 1 N–H and O–H groups in total. The van der Waals surface area contributed by atoms with Crippen molar-refractivity contribution in [1.29, 1.82) is 0 Å². The highest BCUT2D eigenvalue weighted by atomic mass is 16.5. The number of rotatable bonds is 5. The van der Waals surface area contributed by atoms with Gasteiger partial charge in [0, 0.05) is 0 Å². The highest BCUT2D eigenvalue weighted by Gasteiger charge is 2.41. The van der Waals surface area contributed by atoms with E-state index in [1.165, 1.54) is 0 Å². The minimum absolute atomic E-state index is 0.195. The number of aromatic nitrogens is 2. The summed E-state index contributed by atoms with van der Waals surface area (Å²) in [5, 5.41) is 0. The third-order valence-corrected chi connectivity index (χ3v) is 3.72. The summed E-state index contributed by atoms with van der Waals surface area (Å²) >= 11 is 0. The van der Waals surface area contributed by atoms with Crippen LogP contribution < -0.4 is 0 Å². The lowest BCUT2D eigenvalue weighted by molar-refractivity contribution is -0.150. The molecule has 0 fully saturated rings. The molecule has 4 heteroatoms. The van der Waals surface area contributed by atoms with Crippen LogP contribution in [0.4, 0.5) is 0 Å². The number of ether oxygens (including phenoxy) is 1. The summed E-state index contributed by atoms with van der Waals surface area (Å²) in [5.74, 6) is 0.510. The Balaban J connectivity index is 2.51. The Hall–Kier alpha value is -1.84. The van der Waals surface area contributed by atoms with Gasteiger partial charge >= 0.3 is 5.97 Å². The topological polar surface area (TPSA) is 55.0 Å². The second-order valence-corrected chi connectivity index (χ2v) is 4.61. The van der Waals surface area contributed by atoms with E-state index in [9.17, 15) is 4.79 Å². The van der Waals surface area contributed by atoms with Crippen LogP contribution in [0.15, 0.2) is 24.3 Å². The van der Waals surface area contributed by atoms with E-state index in [1.807, 2.05) is 45.0 Å². The van der Waals surface area contributed by atoms with E-state index in [2.05, 4.69) is 9.97 Å². The molecule has 0 saturated carbocycles. The van der Waals surface area contributed by atoms with Crippen molar-refractivity contribution >= 4 is 17.0 Å². The number of imidazole rings is 1. The number of fused-ring (bicyclic) bond motifs is 1. The number of hydrogen-bond donors (Lipinski definition) is 1. The van der Waals surface area contributed by atoms with Crippen molar-refractivity contribution in [3.63, 3.8) is 0 Å². The van der Waals surface area contributed by atoms with Gasteiger partial charge in [-0.05, 0) is 31.9 Å².